The summed E-state index contributed by atoms with van der Waals surface area (Å²) in [5.74, 6) is 0.679. The van der Waals surface area contributed by atoms with Crippen molar-refractivity contribution in [3.05, 3.63) is 60.3 Å². The van der Waals surface area contributed by atoms with E-state index >= 15 is 0 Å². The van der Waals surface area contributed by atoms with Crippen LogP contribution in [0, 0.1) is 0 Å². The molecule has 0 aliphatic heterocycles. The van der Waals surface area contributed by atoms with Crippen molar-refractivity contribution in [1.29, 1.82) is 0 Å². The minimum Gasteiger partial charge on any atom is -0.461 e. The van der Waals surface area contributed by atoms with Gasteiger partial charge in [-0.15, -0.1) is 0 Å². The van der Waals surface area contributed by atoms with Crippen LogP contribution in [0.3, 0.4) is 0 Å². The van der Waals surface area contributed by atoms with Gasteiger partial charge in [0.1, 0.15) is 0 Å². The molecular weight excluding hydrogens is 270 g/mol. The third-order valence-electron chi connectivity index (χ3n) is 2.73. The Bertz CT molecular complexity index is 557. The summed E-state index contributed by atoms with van der Waals surface area (Å²) >= 11 is 1.72. The van der Waals surface area contributed by atoms with Gasteiger partial charge in [-0.3, -0.25) is 0 Å². The monoisotopic (exact) mass is 288 g/mol. The highest BCUT2D eigenvalue weighted by Gasteiger charge is 2.15. The molecule has 0 aliphatic rings. The van der Waals surface area contributed by atoms with E-state index in [-0.39, 0.29) is 12.5 Å². The fourth-order valence-corrected chi connectivity index (χ4v) is 2.77. The smallest absolute Gasteiger partial charge is 0.372 e. The molecule has 1 aromatic carbocycles. The van der Waals surface area contributed by atoms with Crippen molar-refractivity contribution >= 4 is 17.7 Å². The summed E-state index contributed by atoms with van der Waals surface area (Å²) < 4.78 is 6.92. The van der Waals surface area contributed by atoms with Crippen molar-refractivity contribution in [2.45, 2.75) is 24.2 Å². The molecular formula is C16H18NO2S+. The molecule has 0 atom stereocenters. The van der Waals surface area contributed by atoms with Gasteiger partial charge >= 0.3 is 5.97 Å². The first-order valence-corrected chi connectivity index (χ1v) is 7.59. The average Bonchev–Trinajstić information content (AvgIpc) is 2.48. The van der Waals surface area contributed by atoms with Crippen molar-refractivity contribution in [2.24, 2.45) is 0 Å². The lowest BCUT2D eigenvalue weighted by molar-refractivity contribution is -0.722. The molecule has 4 heteroatoms. The largest absolute Gasteiger partial charge is 0.461 e. The Morgan fingerprint density at radius 2 is 1.90 bits per heavy atom. The van der Waals surface area contributed by atoms with Gasteiger partial charge in [-0.2, -0.15) is 4.57 Å². The first-order chi connectivity index (χ1) is 9.79. The molecule has 20 heavy (non-hydrogen) atoms. The maximum atomic E-state index is 11.6. The van der Waals surface area contributed by atoms with Gasteiger partial charge in [-0.05, 0) is 18.6 Å². The van der Waals surface area contributed by atoms with Crippen LogP contribution in [0.15, 0.2) is 59.8 Å². The molecule has 0 fully saturated rings. The highest BCUT2D eigenvalue weighted by Crippen LogP contribution is 2.19. The fourth-order valence-electron chi connectivity index (χ4n) is 1.80. The van der Waals surface area contributed by atoms with Crippen molar-refractivity contribution in [3.8, 4) is 0 Å². The van der Waals surface area contributed by atoms with E-state index in [1.165, 1.54) is 5.56 Å². The van der Waals surface area contributed by atoms with E-state index in [2.05, 4.69) is 12.1 Å². The number of carbonyl (C=O) groups excluding carboxylic acids is 1. The van der Waals surface area contributed by atoms with Gasteiger partial charge in [-0.1, -0.05) is 42.1 Å². The summed E-state index contributed by atoms with van der Waals surface area (Å²) in [6, 6.07) is 16.2. The molecule has 0 unspecified atom stereocenters. The number of thioether (sulfide) groups is 1. The maximum absolute atomic E-state index is 11.6. The van der Waals surface area contributed by atoms with Gasteiger partial charge in [-0.25, -0.2) is 4.79 Å². The molecule has 0 radical (unpaired) electrons. The second kappa shape index (κ2) is 7.70. The molecule has 2 aromatic rings. The summed E-state index contributed by atoms with van der Waals surface area (Å²) in [6.07, 6.45) is 1.91. The van der Waals surface area contributed by atoms with Crippen LogP contribution < -0.4 is 4.57 Å². The Kier molecular flexibility index (Phi) is 5.62. The van der Waals surface area contributed by atoms with Crippen molar-refractivity contribution in [3.63, 3.8) is 0 Å². The number of aromatic nitrogens is 1. The summed E-state index contributed by atoms with van der Waals surface area (Å²) in [7, 11) is 0. The van der Waals surface area contributed by atoms with Crippen LogP contribution in [0.4, 0.5) is 0 Å². The number of ether oxygens (including phenoxy) is 1. The zero-order chi connectivity index (χ0) is 14.2. The standard InChI is InChI=1S/C16H18NO2S/c1-2-19-16(18)12-17-11-7-6-10-15(17)20-13-14-8-4-3-5-9-14/h3-11H,2,12-13H2,1H3/q+1. The Balaban J connectivity index is 2.02. The number of esters is 1. The topological polar surface area (TPSA) is 30.2 Å². The second-order valence-electron chi connectivity index (χ2n) is 4.25. The van der Waals surface area contributed by atoms with Crippen LogP contribution in [0.25, 0.3) is 0 Å². The molecule has 1 heterocycles. The van der Waals surface area contributed by atoms with Crippen LogP contribution in [0.2, 0.25) is 0 Å². The molecule has 1 aromatic heterocycles. The lowest BCUT2D eigenvalue weighted by atomic mass is 10.2. The van der Waals surface area contributed by atoms with E-state index < -0.39 is 0 Å². The molecule has 2 rings (SSSR count). The van der Waals surface area contributed by atoms with E-state index in [0.717, 1.165) is 10.8 Å². The SMILES string of the molecule is CCOC(=O)C[n+]1ccccc1SCc1ccccc1. The molecule has 3 nitrogen and oxygen atoms in total. The van der Waals surface area contributed by atoms with Crippen molar-refractivity contribution in [1.82, 2.24) is 0 Å². The molecule has 0 aliphatic carbocycles. The number of carbonyl (C=O) groups is 1. The maximum Gasteiger partial charge on any atom is 0.372 e. The van der Waals surface area contributed by atoms with Gasteiger partial charge in [0.25, 0.3) is 0 Å². The Labute approximate surface area is 123 Å². The van der Waals surface area contributed by atoms with Crippen LogP contribution in [0.1, 0.15) is 12.5 Å². The van der Waals surface area contributed by atoms with Crippen LogP contribution in [-0.2, 0) is 21.8 Å². The molecule has 0 saturated carbocycles. The predicted molar refractivity (Wildman–Crippen MR) is 79.3 cm³/mol. The number of rotatable bonds is 6. The van der Waals surface area contributed by atoms with E-state index in [9.17, 15) is 4.79 Å². The molecule has 0 spiro atoms. The first kappa shape index (κ1) is 14.6. The average molecular weight is 288 g/mol. The molecule has 104 valence electrons. The van der Waals surface area contributed by atoms with Crippen molar-refractivity contribution in [2.75, 3.05) is 6.61 Å². The van der Waals surface area contributed by atoms with Crippen LogP contribution in [-0.4, -0.2) is 12.6 Å². The number of pyridine rings is 1. The minimum absolute atomic E-state index is 0.203. The number of hydrogen-bond acceptors (Lipinski definition) is 3. The second-order valence-corrected chi connectivity index (χ2v) is 5.24. The highest BCUT2D eigenvalue weighted by atomic mass is 32.2. The van der Waals surface area contributed by atoms with Gasteiger partial charge in [0.05, 0.1) is 6.61 Å². The predicted octanol–water partition coefficient (Wildman–Crippen LogP) is 2.83. The number of nitrogens with zero attached hydrogens (tertiary/aromatic N) is 1. The quantitative estimate of drug-likeness (QED) is 0.465. The Morgan fingerprint density at radius 1 is 1.15 bits per heavy atom. The highest BCUT2D eigenvalue weighted by molar-refractivity contribution is 7.98. The van der Waals surface area contributed by atoms with Gasteiger partial charge in [0, 0.05) is 17.9 Å². The Hall–Kier alpha value is -1.81. The molecule has 0 amide bonds. The van der Waals surface area contributed by atoms with E-state index in [0.29, 0.717) is 6.61 Å². The van der Waals surface area contributed by atoms with Gasteiger partial charge in [0.15, 0.2) is 6.20 Å². The lowest BCUT2D eigenvalue weighted by Crippen LogP contribution is -2.40. The van der Waals surface area contributed by atoms with E-state index in [1.807, 2.05) is 54.1 Å². The van der Waals surface area contributed by atoms with Crippen LogP contribution >= 0.6 is 11.8 Å². The minimum atomic E-state index is -0.203. The molecule has 0 N–H and O–H groups in total. The van der Waals surface area contributed by atoms with Crippen LogP contribution in [0.5, 0.6) is 0 Å². The van der Waals surface area contributed by atoms with E-state index in [1.54, 1.807) is 11.8 Å². The van der Waals surface area contributed by atoms with Gasteiger partial charge in [0.2, 0.25) is 11.6 Å². The number of benzene rings is 1. The zero-order valence-corrected chi connectivity index (χ0v) is 12.3. The van der Waals surface area contributed by atoms with Crippen molar-refractivity contribution < 1.29 is 14.1 Å². The normalized spacial score (nSPS) is 10.2. The van der Waals surface area contributed by atoms with E-state index in [4.69, 9.17) is 4.74 Å². The summed E-state index contributed by atoms with van der Waals surface area (Å²) in [5.41, 5.74) is 1.27. The third-order valence-corrected chi connectivity index (χ3v) is 3.88. The Morgan fingerprint density at radius 3 is 2.65 bits per heavy atom. The lowest BCUT2D eigenvalue weighted by Gasteiger charge is -2.03. The first-order valence-electron chi connectivity index (χ1n) is 6.60. The summed E-state index contributed by atoms with van der Waals surface area (Å²) in [4.78, 5) is 11.6. The fraction of sp³-hybridized carbons (Fsp3) is 0.250. The molecule has 0 bridgehead atoms. The number of hydrogen-bond donors (Lipinski definition) is 0. The molecule has 0 saturated heterocycles. The summed E-state index contributed by atoms with van der Waals surface area (Å²) in [6.45, 7) is 2.49. The summed E-state index contributed by atoms with van der Waals surface area (Å²) in [5, 5.41) is 1.06. The third kappa shape index (κ3) is 4.38. The van der Waals surface area contributed by atoms with Gasteiger partial charge < -0.3 is 4.74 Å². The zero-order valence-electron chi connectivity index (χ0n) is 11.5.